The van der Waals surface area contributed by atoms with Gasteiger partial charge in [-0.15, -0.1) is 7.92 Å². The molecule has 0 rings (SSSR count). The summed E-state index contributed by atoms with van der Waals surface area (Å²) in [6.45, 7) is 6.87. The number of hydrogen-bond acceptors (Lipinski definition) is 0. The zero-order valence-corrected chi connectivity index (χ0v) is 9.05. The maximum Gasteiger partial charge on any atom is 2.00 e. The van der Waals surface area contributed by atoms with Crippen LogP contribution in [-0.4, -0.2) is 18.5 Å². The summed E-state index contributed by atoms with van der Waals surface area (Å²) in [7, 11) is 0.446. The van der Waals surface area contributed by atoms with Crippen LogP contribution in [0.4, 0.5) is 0 Å². The van der Waals surface area contributed by atoms with Crippen LogP contribution in [0.3, 0.4) is 0 Å². The zero-order valence-electron chi connectivity index (χ0n) is 5.88. The molecule has 0 saturated carbocycles. The van der Waals surface area contributed by atoms with Crippen LogP contribution in [0.5, 0.6) is 0 Å². The third kappa shape index (κ3) is 5.26. The van der Waals surface area contributed by atoms with E-state index < -0.39 is 0 Å². The molecule has 0 N–H and O–H groups in total. The summed E-state index contributed by atoms with van der Waals surface area (Å²) in [5.74, 6) is 0. The van der Waals surface area contributed by atoms with Gasteiger partial charge in [0.05, 0.1) is 0 Å². The molecule has 0 fully saturated rings. The molecule has 0 bridgehead atoms. The van der Waals surface area contributed by atoms with Crippen molar-refractivity contribution < 1.29 is 21.1 Å². The molecule has 0 amide bonds. The predicted octanol–water partition coefficient (Wildman–Crippen LogP) is 2.53. The monoisotopic (exact) mass is 313 g/mol. The van der Waals surface area contributed by atoms with Crippen LogP contribution in [0.15, 0.2) is 0 Å². The fourth-order valence-corrected chi connectivity index (χ4v) is 2.01. The molecule has 0 aliphatic heterocycles. The van der Waals surface area contributed by atoms with E-state index in [2.05, 4.69) is 20.8 Å². The van der Waals surface area contributed by atoms with Gasteiger partial charge in [0.2, 0.25) is 0 Å². The van der Waals surface area contributed by atoms with Crippen molar-refractivity contribution in [2.75, 3.05) is 18.5 Å². The van der Waals surface area contributed by atoms with Crippen molar-refractivity contribution in [2.24, 2.45) is 0 Å². The number of rotatable bonds is 3. The summed E-state index contributed by atoms with van der Waals surface area (Å²) in [5.41, 5.74) is 0. The predicted molar refractivity (Wildman–Crippen MR) is 38.5 cm³/mol. The van der Waals surface area contributed by atoms with Crippen LogP contribution < -0.4 is 0 Å². The van der Waals surface area contributed by atoms with E-state index in [9.17, 15) is 0 Å². The molecular formula is C6H15PPt+2. The van der Waals surface area contributed by atoms with Gasteiger partial charge in [-0.05, 0) is 18.5 Å². The zero-order chi connectivity index (χ0) is 5.70. The topological polar surface area (TPSA) is 0 Å². The fourth-order valence-electron chi connectivity index (χ4n) is 0.671. The van der Waals surface area contributed by atoms with Crippen molar-refractivity contribution in [3.63, 3.8) is 0 Å². The van der Waals surface area contributed by atoms with Gasteiger partial charge in [-0.1, -0.05) is 20.8 Å². The minimum absolute atomic E-state index is 0. The molecular weight excluding hydrogens is 298 g/mol. The van der Waals surface area contributed by atoms with E-state index in [0.29, 0.717) is 7.92 Å². The SMILES string of the molecule is CCP(CC)CC.[Pt+2]. The summed E-state index contributed by atoms with van der Waals surface area (Å²) >= 11 is 0. The Labute approximate surface area is 68.5 Å². The molecule has 0 aliphatic carbocycles. The average Bonchev–Trinajstić information content (AvgIpc) is 1.72. The molecule has 0 radical (unpaired) electrons. The number of hydrogen-bond donors (Lipinski definition) is 0. The van der Waals surface area contributed by atoms with Gasteiger partial charge in [-0.3, -0.25) is 0 Å². The third-order valence-electron chi connectivity index (χ3n) is 1.34. The van der Waals surface area contributed by atoms with Gasteiger partial charge in [0.1, 0.15) is 0 Å². The summed E-state index contributed by atoms with van der Waals surface area (Å²) in [6, 6.07) is 0. The largest absolute Gasteiger partial charge is 2.00 e. The normalized spacial score (nSPS) is 9.00. The Morgan fingerprint density at radius 2 is 1.12 bits per heavy atom. The molecule has 0 aromatic heterocycles. The Kier molecular flexibility index (Phi) is 12.0. The molecule has 0 saturated heterocycles. The molecule has 0 unspecified atom stereocenters. The van der Waals surface area contributed by atoms with Crippen molar-refractivity contribution in [2.45, 2.75) is 20.8 Å². The smallest absolute Gasteiger partial charge is 0.108 e. The molecule has 0 spiro atoms. The molecule has 0 aromatic rings. The maximum atomic E-state index is 2.29. The molecule has 0 aliphatic rings. The van der Waals surface area contributed by atoms with Crippen molar-refractivity contribution in [1.29, 1.82) is 0 Å². The van der Waals surface area contributed by atoms with Crippen LogP contribution in [0.25, 0.3) is 0 Å². The van der Waals surface area contributed by atoms with E-state index in [1.165, 1.54) is 18.5 Å². The standard InChI is InChI=1S/C6H15P.Pt/c1-4-7(5-2)6-3;/h4-6H2,1-3H3;/q;+2. The fraction of sp³-hybridized carbons (Fsp3) is 1.00. The Balaban J connectivity index is 0. The van der Waals surface area contributed by atoms with E-state index >= 15 is 0 Å². The van der Waals surface area contributed by atoms with Gasteiger partial charge in [0, 0.05) is 0 Å². The Hall–Kier alpha value is 1.12. The first kappa shape index (κ1) is 11.9. The Bertz CT molecular complexity index is 30.0. The summed E-state index contributed by atoms with van der Waals surface area (Å²) in [5, 5.41) is 0. The van der Waals surface area contributed by atoms with Gasteiger partial charge in [0.15, 0.2) is 0 Å². The molecule has 0 heterocycles. The minimum atomic E-state index is 0. The molecule has 8 heavy (non-hydrogen) atoms. The van der Waals surface area contributed by atoms with Crippen LogP contribution in [0.2, 0.25) is 0 Å². The third-order valence-corrected chi connectivity index (χ3v) is 4.02. The molecule has 52 valence electrons. The van der Waals surface area contributed by atoms with E-state index in [1.54, 1.807) is 0 Å². The van der Waals surface area contributed by atoms with E-state index in [1.807, 2.05) is 0 Å². The molecule has 0 atom stereocenters. The summed E-state index contributed by atoms with van der Waals surface area (Å²) in [4.78, 5) is 0. The molecule has 0 nitrogen and oxygen atoms in total. The van der Waals surface area contributed by atoms with E-state index in [0.717, 1.165) is 0 Å². The first-order chi connectivity index (χ1) is 3.35. The van der Waals surface area contributed by atoms with Crippen LogP contribution in [0.1, 0.15) is 20.8 Å². The van der Waals surface area contributed by atoms with Crippen LogP contribution in [0, 0.1) is 0 Å². The Morgan fingerprint density at radius 1 is 0.875 bits per heavy atom. The van der Waals surface area contributed by atoms with Gasteiger partial charge in [0.25, 0.3) is 0 Å². The second-order valence-electron chi connectivity index (χ2n) is 1.62. The molecule has 0 aromatic carbocycles. The minimum Gasteiger partial charge on any atom is -0.108 e. The molecule has 2 heteroatoms. The Morgan fingerprint density at radius 3 is 1.12 bits per heavy atom. The van der Waals surface area contributed by atoms with E-state index in [-0.39, 0.29) is 21.1 Å². The first-order valence-corrected chi connectivity index (χ1v) is 4.97. The van der Waals surface area contributed by atoms with Gasteiger partial charge < -0.3 is 0 Å². The van der Waals surface area contributed by atoms with E-state index in [4.69, 9.17) is 0 Å². The summed E-state index contributed by atoms with van der Waals surface area (Å²) < 4.78 is 0. The van der Waals surface area contributed by atoms with Crippen molar-refractivity contribution in [3.8, 4) is 0 Å². The second kappa shape index (κ2) is 8.12. The van der Waals surface area contributed by atoms with Gasteiger partial charge in [-0.2, -0.15) is 0 Å². The first-order valence-electron chi connectivity index (χ1n) is 3.07. The van der Waals surface area contributed by atoms with Crippen LogP contribution >= 0.6 is 7.92 Å². The van der Waals surface area contributed by atoms with Gasteiger partial charge in [-0.25, -0.2) is 0 Å². The van der Waals surface area contributed by atoms with Crippen molar-refractivity contribution >= 4 is 7.92 Å². The quantitative estimate of drug-likeness (QED) is 0.703. The van der Waals surface area contributed by atoms with Crippen molar-refractivity contribution in [1.82, 2.24) is 0 Å². The van der Waals surface area contributed by atoms with Crippen molar-refractivity contribution in [3.05, 3.63) is 0 Å². The summed E-state index contributed by atoms with van der Waals surface area (Å²) in [6.07, 6.45) is 4.26. The second-order valence-corrected chi connectivity index (χ2v) is 4.86. The maximum absolute atomic E-state index is 2.29. The average molecular weight is 313 g/mol. The van der Waals surface area contributed by atoms with Gasteiger partial charge >= 0.3 is 21.1 Å². The van der Waals surface area contributed by atoms with Crippen LogP contribution in [-0.2, 0) is 21.1 Å².